The van der Waals surface area contributed by atoms with Gasteiger partial charge in [-0.05, 0) is 53.5 Å². The Kier molecular flexibility index (Phi) is 6.90. The minimum absolute atomic E-state index is 0.0914. The lowest BCUT2D eigenvalue weighted by atomic mass is 9.82. The lowest BCUT2D eigenvalue weighted by molar-refractivity contribution is -0.160. The molecule has 0 bridgehead atoms. The van der Waals surface area contributed by atoms with Crippen LogP contribution in [0.4, 0.5) is 0 Å². The second kappa shape index (κ2) is 9.71. The number of aliphatic hydroxyl groups is 1. The molecule has 1 unspecified atom stereocenters. The minimum atomic E-state index is -0.901. The van der Waals surface area contributed by atoms with Gasteiger partial charge in [-0.1, -0.05) is 105 Å². The Bertz CT molecular complexity index is 1190. The molecular formula is C30H32O3S. The molecule has 1 aliphatic rings. The average molecular weight is 473 g/mol. The van der Waals surface area contributed by atoms with Gasteiger partial charge in [0.25, 0.3) is 0 Å². The number of benzene rings is 3. The molecule has 0 saturated carbocycles. The molecule has 0 fully saturated rings. The molecule has 1 N–H and O–H groups in total. The number of rotatable bonds is 6. The van der Waals surface area contributed by atoms with E-state index < -0.39 is 11.6 Å². The molecule has 0 radical (unpaired) electrons. The fourth-order valence-electron chi connectivity index (χ4n) is 4.80. The number of hydrogen-bond donors (Lipinski definition) is 1. The SMILES string of the molecule is Cc1cccc(SC2=C(O)CC(CCc3ccccc3)(c3ccccc3)OC2=O)c1C(C)(C)C. The van der Waals surface area contributed by atoms with Gasteiger partial charge in [0.1, 0.15) is 16.3 Å². The highest BCUT2D eigenvalue weighted by Crippen LogP contribution is 2.46. The third kappa shape index (κ3) is 5.07. The van der Waals surface area contributed by atoms with Gasteiger partial charge in [0.15, 0.2) is 0 Å². The predicted octanol–water partition coefficient (Wildman–Crippen LogP) is 7.63. The van der Waals surface area contributed by atoms with Crippen LogP contribution in [-0.2, 0) is 27.0 Å². The van der Waals surface area contributed by atoms with Crippen LogP contribution in [0.15, 0.2) is 94.4 Å². The van der Waals surface area contributed by atoms with Gasteiger partial charge in [-0.25, -0.2) is 4.79 Å². The summed E-state index contributed by atoms with van der Waals surface area (Å²) >= 11 is 1.31. The summed E-state index contributed by atoms with van der Waals surface area (Å²) in [5.41, 5.74) is 3.43. The van der Waals surface area contributed by atoms with Crippen LogP contribution in [0.3, 0.4) is 0 Å². The van der Waals surface area contributed by atoms with E-state index >= 15 is 0 Å². The summed E-state index contributed by atoms with van der Waals surface area (Å²) < 4.78 is 6.22. The summed E-state index contributed by atoms with van der Waals surface area (Å²) in [6.45, 7) is 8.58. The Hall–Kier alpha value is -2.98. The third-order valence-electron chi connectivity index (χ3n) is 6.35. The third-order valence-corrected chi connectivity index (χ3v) is 7.51. The number of ether oxygens (including phenoxy) is 1. The first-order valence-corrected chi connectivity index (χ1v) is 12.5. The number of hydrogen-bond acceptors (Lipinski definition) is 4. The molecule has 176 valence electrons. The number of carbonyl (C=O) groups is 1. The topological polar surface area (TPSA) is 46.5 Å². The predicted molar refractivity (Wildman–Crippen MR) is 139 cm³/mol. The molecule has 4 heteroatoms. The van der Waals surface area contributed by atoms with Crippen LogP contribution >= 0.6 is 11.8 Å². The Morgan fingerprint density at radius 3 is 2.21 bits per heavy atom. The van der Waals surface area contributed by atoms with Crippen LogP contribution in [0.1, 0.15) is 55.9 Å². The fraction of sp³-hybridized carbons (Fsp3) is 0.300. The molecule has 3 aromatic carbocycles. The first-order valence-electron chi connectivity index (χ1n) is 11.7. The maximum atomic E-state index is 13.4. The molecule has 0 aromatic heterocycles. The van der Waals surface area contributed by atoms with Gasteiger partial charge >= 0.3 is 5.97 Å². The summed E-state index contributed by atoms with van der Waals surface area (Å²) in [6.07, 6.45) is 1.59. The molecule has 34 heavy (non-hydrogen) atoms. The number of thioether (sulfide) groups is 1. The van der Waals surface area contributed by atoms with Crippen molar-refractivity contribution in [1.82, 2.24) is 0 Å². The fourth-order valence-corrected chi connectivity index (χ4v) is 6.05. The first-order chi connectivity index (χ1) is 16.2. The summed E-state index contributed by atoms with van der Waals surface area (Å²) in [5, 5.41) is 11.2. The van der Waals surface area contributed by atoms with Crippen molar-refractivity contribution in [2.24, 2.45) is 0 Å². The van der Waals surface area contributed by atoms with Gasteiger partial charge in [0, 0.05) is 4.90 Å². The molecule has 4 rings (SSSR count). The van der Waals surface area contributed by atoms with Crippen LogP contribution in [0.25, 0.3) is 0 Å². The first kappa shape index (κ1) is 24.2. The van der Waals surface area contributed by atoms with Crippen molar-refractivity contribution in [3.05, 3.63) is 112 Å². The van der Waals surface area contributed by atoms with Gasteiger partial charge in [0.2, 0.25) is 0 Å². The molecule has 0 saturated heterocycles. The van der Waals surface area contributed by atoms with Crippen LogP contribution in [0.2, 0.25) is 0 Å². The molecule has 0 amide bonds. The number of carbonyl (C=O) groups excluding carboxylic acids is 1. The van der Waals surface area contributed by atoms with Gasteiger partial charge in [-0.15, -0.1) is 0 Å². The maximum Gasteiger partial charge on any atom is 0.349 e. The number of cyclic esters (lactones) is 1. The zero-order valence-electron chi connectivity index (χ0n) is 20.3. The highest BCUT2D eigenvalue weighted by molar-refractivity contribution is 8.04. The molecule has 1 aliphatic heterocycles. The standard InChI is InChI=1S/C30H32O3S/c1-21-12-11-17-25(26(21)29(2,3)4)34-27-24(31)20-30(33-28(27)32,23-15-9-6-10-16-23)19-18-22-13-7-5-8-14-22/h5-17,31H,18-20H2,1-4H3. The van der Waals surface area contributed by atoms with Gasteiger partial charge < -0.3 is 9.84 Å². The van der Waals surface area contributed by atoms with E-state index in [9.17, 15) is 9.90 Å². The molecule has 0 aliphatic carbocycles. The highest BCUT2D eigenvalue weighted by atomic mass is 32.2. The van der Waals surface area contributed by atoms with E-state index in [2.05, 4.69) is 45.9 Å². The Morgan fingerprint density at radius 1 is 0.941 bits per heavy atom. The van der Waals surface area contributed by atoms with Crippen molar-refractivity contribution in [3.63, 3.8) is 0 Å². The van der Waals surface area contributed by atoms with Crippen molar-refractivity contribution in [1.29, 1.82) is 0 Å². The van der Waals surface area contributed by atoms with Gasteiger partial charge in [-0.2, -0.15) is 0 Å². The van der Waals surface area contributed by atoms with Gasteiger partial charge in [-0.3, -0.25) is 0 Å². The van der Waals surface area contributed by atoms with Gasteiger partial charge in [0.05, 0.1) is 6.42 Å². The second-order valence-corrected chi connectivity index (χ2v) is 11.0. The van der Waals surface area contributed by atoms with E-state index in [1.54, 1.807) is 0 Å². The summed E-state index contributed by atoms with van der Waals surface area (Å²) in [5.74, 6) is -0.369. The van der Waals surface area contributed by atoms with Crippen molar-refractivity contribution in [2.45, 2.75) is 62.9 Å². The highest BCUT2D eigenvalue weighted by Gasteiger charge is 2.43. The normalized spacial score (nSPS) is 18.6. The number of esters is 1. The second-order valence-electron chi connectivity index (χ2n) is 9.99. The van der Waals surface area contributed by atoms with Crippen LogP contribution in [0, 0.1) is 6.92 Å². The van der Waals surface area contributed by atoms with E-state index in [1.165, 1.54) is 28.5 Å². The molecule has 1 heterocycles. The van der Waals surface area contributed by atoms with Crippen molar-refractivity contribution >= 4 is 17.7 Å². The Balaban J connectivity index is 1.69. The average Bonchev–Trinajstić information content (AvgIpc) is 2.80. The smallest absolute Gasteiger partial charge is 0.349 e. The summed E-state index contributed by atoms with van der Waals surface area (Å²) in [7, 11) is 0. The molecule has 3 aromatic rings. The Morgan fingerprint density at radius 2 is 1.59 bits per heavy atom. The summed E-state index contributed by atoms with van der Waals surface area (Å²) in [6, 6.07) is 26.0. The largest absolute Gasteiger partial charge is 0.511 e. The van der Waals surface area contributed by atoms with Crippen LogP contribution in [-0.4, -0.2) is 11.1 Å². The van der Waals surface area contributed by atoms with E-state index in [4.69, 9.17) is 4.74 Å². The molecule has 3 nitrogen and oxygen atoms in total. The van der Waals surface area contributed by atoms with E-state index in [0.717, 1.165) is 16.9 Å². The molecule has 0 spiro atoms. The van der Waals surface area contributed by atoms with E-state index in [0.29, 0.717) is 6.42 Å². The summed E-state index contributed by atoms with van der Waals surface area (Å²) in [4.78, 5) is 14.6. The lowest BCUT2D eigenvalue weighted by Crippen LogP contribution is -2.38. The van der Waals surface area contributed by atoms with Crippen LogP contribution < -0.4 is 0 Å². The number of aryl methyl sites for hydroxylation is 2. The Labute approximate surface area is 206 Å². The lowest BCUT2D eigenvalue weighted by Gasteiger charge is -2.38. The monoisotopic (exact) mass is 472 g/mol. The molecular weight excluding hydrogens is 440 g/mol. The zero-order chi connectivity index (χ0) is 24.3. The van der Waals surface area contributed by atoms with Crippen molar-refractivity contribution < 1.29 is 14.6 Å². The number of aliphatic hydroxyl groups excluding tert-OH is 1. The molecule has 1 atom stereocenters. The van der Waals surface area contributed by atoms with Crippen molar-refractivity contribution in [3.8, 4) is 0 Å². The van der Waals surface area contributed by atoms with E-state index in [1.807, 2.05) is 60.7 Å². The maximum absolute atomic E-state index is 13.4. The van der Waals surface area contributed by atoms with Crippen LogP contribution in [0.5, 0.6) is 0 Å². The van der Waals surface area contributed by atoms with E-state index in [-0.39, 0.29) is 22.5 Å². The zero-order valence-corrected chi connectivity index (χ0v) is 21.1. The quantitative estimate of drug-likeness (QED) is 0.375. The van der Waals surface area contributed by atoms with Crippen molar-refractivity contribution in [2.75, 3.05) is 0 Å². The minimum Gasteiger partial charge on any atom is -0.511 e.